The number of aromatic nitrogens is 1. The van der Waals surface area contributed by atoms with Crippen molar-refractivity contribution in [1.82, 2.24) is 4.98 Å². The Bertz CT molecular complexity index is 215. The zero-order valence-corrected chi connectivity index (χ0v) is 7.57. The molecule has 1 aromatic rings. The van der Waals surface area contributed by atoms with Crippen molar-refractivity contribution in [3.8, 4) is 0 Å². The van der Waals surface area contributed by atoms with Crippen LogP contribution in [0.4, 0.5) is 5.82 Å². The fourth-order valence-electron chi connectivity index (χ4n) is 0.753. The number of aryl methyl sites for hydroxylation is 1. The maximum atomic E-state index is 4.16. The Balaban J connectivity index is 3.06. The summed E-state index contributed by atoms with van der Waals surface area (Å²) in [5, 5.41) is 2.97. The SMILES string of the molecule is CNc1cc(C)cc(Br)n1. The molecule has 54 valence electrons. The maximum absolute atomic E-state index is 4.16. The van der Waals surface area contributed by atoms with Crippen LogP contribution in [0, 0.1) is 6.92 Å². The lowest BCUT2D eigenvalue weighted by Gasteiger charge is -2.00. The number of hydrogen-bond donors (Lipinski definition) is 1. The van der Waals surface area contributed by atoms with E-state index in [0.29, 0.717) is 0 Å². The first-order valence-corrected chi connectivity index (χ1v) is 3.83. The predicted octanol–water partition coefficient (Wildman–Crippen LogP) is 2.19. The molecule has 0 saturated heterocycles. The molecule has 10 heavy (non-hydrogen) atoms. The standard InChI is InChI=1S/C7H9BrN2/c1-5-3-6(8)10-7(4-5)9-2/h3-4H,1-2H3,(H,9,10). The predicted molar refractivity (Wildman–Crippen MR) is 46.2 cm³/mol. The van der Waals surface area contributed by atoms with E-state index in [1.807, 2.05) is 26.1 Å². The van der Waals surface area contributed by atoms with Crippen LogP contribution in [0.2, 0.25) is 0 Å². The Hall–Kier alpha value is -0.570. The topological polar surface area (TPSA) is 24.9 Å². The second-order valence-electron chi connectivity index (χ2n) is 2.10. The summed E-state index contributed by atoms with van der Waals surface area (Å²) in [5.74, 6) is 0.895. The molecule has 1 aromatic heterocycles. The van der Waals surface area contributed by atoms with Crippen LogP contribution in [-0.2, 0) is 0 Å². The molecule has 3 heteroatoms. The number of pyridine rings is 1. The molecule has 1 heterocycles. The minimum absolute atomic E-state index is 0.872. The van der Waals surface area contributed by atoms with Gasteiger partial charge in [-0.1, -0.05) is 0 Å². The first-order valence-electron chi connectivity index (χ1n) is 3.04. The van der Waals surface area contributed by atoms with Crippen LogP contribution in [0.3, 0.4) is 0 Å². The van der Waals surface area contributed by atoms with Crippen molar-refractivity contribution in [2.75, 3.05) is 12.4 Å². The molecule has 0 unspecified atom stereocenters. The van der Waals surface area contributed by atoms with Crippen LogP contribution >= 0.6 is 15.9 Å². The fourth-order valence-corrected chi connectivity index (χ4v) is 1.30. The minimum atomic E-state index is 0.872. The summed E-state index contributed by atoms with van der Waals surface area (Å²) in [4.78, 5) is 4.16. The molecule has 0 amide bonds. The van der Waals surface area contributed by atoms with E-state index in [1.165, 1.54) is 5.56 Å². The van der Waals surface area contributed by atoms with E-state index < -0.39 is 0 Å². The van der Waals surface area contributed by atoms with Gasteiger partial charge in [-0.15, -0.1) is 0 Å². The van der Waals surface area contributed by atoms with Crippen molar-refractivity contribution in [3.63, 3.8) is 0 Å². The summed E-state index contributed by atoms with van der Waals surface area (Å²) >= 11 is 3.30. The number of hydrogen-bond acceptors (Lipinski definition) is 2. The monoisotopic (exact) mass is 200 g/mol. The van der Waals surface area contributed by atoms with E-state index in [1.54, 1.807) is 0 Å². The van der Waals surface area contributed by atoms with Gasteiger partial charge in [0.15, 0.2) is 0 Å². The molecule has 0 atom stereocenters. The van der Waals surface area contributed by atoms with Gasteiger partial charge in [0.1, 0.15) is 10.4 Å². The van der Waals surface area contributed by atoms with Crippen LogP contribution in [0.1, 0.15) is 5.56 Å². The smallest absolute Gasteiger partial charge is 0.127 e. The molecule has 0 aromatic carbocycles. The van der Waals surface area contributed by atoms with Crippen molar-refractivity contribution in [3.05, 3.63) is 22.3 Å². The molecule has 0 aliphatic carbocycles. The molecule has 0 spiro atoms. The van der Waals surface area contributed by atoms with Crippen molar-refractivity contribution in [1.29, 1.82) is 0 Å². The molecular formula is C7H9BrN2. The number of nitrogens with one attached hydrogen (secondary N) is 1. The summed E-state index contributed by atoms with van der Waals surface area (Å²) in [5.41, 5.74) is 1.20. The summed E-state index contributed by atoms with van der Waals surface area (Å²) in [6.45, 7) is 2.04. The first kappa shape index (κ1) is 7.54. The van der Waals surface area contributed by atoms with Crippen LogP contribution in [0.5, 0.6) is 0 Å². The number of rotatable bonds is 1. The fraction of sp³-hybridized carbons (Fsp3) is 0.286. The third kappa shape index (κ3) is 1.70. The Morgan fingerprint density at radius 3 is 2.70 bits per heavy atom. The Labute approximate surface area is 68.8 Å². The molecule has 0 saturated carbocycles. The third-order valence-electron chi connectivity index (χ3n) is 1.19. The van der Waals surface area contributed by atoms with Gasteiger partial charge in [-0.3, -0.25) is 0 Å². The highest BCUT2D eigenvalue weighted by Gasteiger charge is 1.93. The molecule has 2 nitrogen and oxygen atoms in total. The van der Waals surface area contributed by atoms with Crippen LogP contribution < -0.4 is 5.32 Å². The van der Waals surface area contributed by atoms with Gasteiger partial charge < -0.3 is 5.32 Å². The van der Waals surface area contributed by atoms with Crippen LogP contribution in [0.25, 0.3) is 0 Å². The highest BCUT2D eigenvalue weighted by Crippen LogP contribution is 2.13. The highest BCUT2D eigenvalue weighted by molar-refractivity contribution is 9.10. The Morgan fingerprint density at radius 1 is 1.50 bits per heavy atom. The van der Waals surface area contributed by atoms with Gasteiger partial charge in [0.25, 0.3) is 0 Å². The van der Waals surface area contributed by atoms with Crippen molar-refractivity contribution in [2.24, 2.45) is 0 Å². The summed E-state index contributed by atoms with van der Waals surface area (Å²) in [7, 11) is 1.86. The van der Waals surface area contributed by atoms with E-state index in [-0.39, 0.29) is 0 Å². The lowest BCUT2D eigenvalue weighted by atomic mass is 10.3. The number of nitrogens with zero attached hydrogens (tertiary/aromatic N) is 1. The van der Waals surface area contributed by atoms with Gasteiger partial charge >= 0.3 is 0 Å². The summed E-state index contributed by atoms with van der Waals surface area (Å²) in [6.07, 6.45) is 0. The molecule has 1 N–H and O–H groups in total. The third-order valence-corrected chi connectivity index (χ3v) is 1.60. The highest BCUT2D eigenvalue weighted by atomic mass is 79.9. The molecule has 0 bridgehead atoms. The molecule has 0 fully saturated rings. The van der Waals surface area contributed by atoms with E-state index in [9.17, 15) is 0 Å². The van der Waals surface area contributed by atoms with Crippen molar-refractivity contribution in [2.45, 2.75) is 6.92 Å². The van der Waals surface area contributed by atoms with Crippen molar-refractivity contribution < 1.29 is 0 Å². The quantitative estimate of drug-likeness (QED) is 0.704. The van der Waals surface area contributed by atoms with Gasteiger partial charge in [-0.25, -0.2) is 4.98 Å². The average Bonchev–Trinajstić information content (AvgIpc) is 1.85. The molecule has 0 aliphatic heterocycles. The van der Waals surface area contributed by atoms with Gasteiger partial charge in [0.05, 0.1) is 0 Å². The average molecular weight is 201 g/mol. The molecule has 0 aliphatic rings. The van der Waals surface area contributed by atoms with E-state index in [0.717, 1.165) is 10.4 Å². The van der Waals surface area contributed by atoms with E-state index >= 15 is 0 Å². The van der Waals surface area contributed by atoms with E-state index in [4.69, 9.17) is 0 Å². The number of halogens is 1. The van der Waals surface area contributed by atoms with Crippen molar-refractivity contribution >= 4 is 21.7 Å². The molecular weight excluding hydrogens is 192 g/mol. The first-order chi connectivity index (χ1) is 4.72. The Kier molecular flexibility index (Phi) is 2.27. The zero-order chi connectivity index (χ0) is 7.56. The van der Waals surface area contributed by atoms with Crippen LogP contribution in [-0.4, -0.2) is 12.0 Å². The summed E-state index contributed by atoms with van der Waals surface area (Å²) in [6, 6.07) is 3.96. The van der Waals surface area contributed by atoms with Gasteiger partial charge in [0.2, 0.25) is 0 Å². The largest absolute Gasteiger partial charge is 0.373 e. The van der Waals surface area contributed by atoms with E-state index in [2.05, 4.69) is 26.2 Å². The summed E-state index contributed by atoms with van der Waals surface area (Å²) < 4.78 is 0.872. The minimum Gasteiger partial charge on any atom is -0.373 e. The lowest BCUT2D eigenvalue weighted by molar-refractivity contribution is 1.22. The molecule has 1 rings (SSSR count). The van der Waals surface area contributed by atoms with Gasteiger partial charge in [0, 0.05) is 7.05 Å². The van der Waals surface area contributed by atoms with Gasteiger partial charge in [-0.05, 0) is 40.5 Å². The second kappa shape index (κ2) is 3.01. The Morgan fingerprint density at radius 2 is 2.20 bits per heavy atom. The molecule has 0 radical (unpaired) electrons. The lowest BCUT2D eigenvalue weighted by Crippen LogP contribution is -1.92. The zero-order valence-electron chi connectivity index (χ0n) is 5.98. The van der Waals surface area contributed by atoms with Gasteiger partial charge in [-0.2, -0.15) is 0 Å². The van der Waals surface area contributed by atoms with Crippen LogP contribution in [0.15, 0.2) is 16.7 Å². The maximum Gasteiger partial charge on any atom is 0.127 e. The second-order valence-corrected chi connectivity index (χ2v) is 2.91. The number of anilines is 1. The normalized spacial score (nSPS) is 9.50.